The van der Waals surface area contributed by atoms with Gasteiger partial charge in [-0.05, 0) is 56.3 Å². The van der Waals surface area contributed by atoms with E-state index in [2.05, 4.69) is 5.32 Å². The Hall–Kier alpha value is -3.66. The van der Waals surface area contributed by atoms with Gasteiger partial charge in [0.25, 0.3) is 5.91 Å². The molecule has 2 aromatic carbocycles. The summed E-state index contributed by atoms with van der Waals surface area (Å²) < 4.78 is 10.4. The van der Waals surface area contributed by atoms with Crippen molar-refractivity contribution in [2.75, 3.05) is 12.4 Å². The molecule has 0 radical (unpaired) electrons. The number of methoxy groups -OCH3 is 1. The fourth-order valence-corrected chi connectivity index (χ4v) is 2.46. The summed E-state index contributed by atoms with van der Waals surface area (Å²) >= 11 is 0. The Balaban J connectivity index is 1.99. The zero-order valence-corrected chi connectivity index (χ0v) is 15.8. The molecule has 0 heterocycles. The van der Waals surface area contributed by atoms with Gasteiger partial charge in [0.1, 0.15) is 5.75 Å². The van der Waals surface area contributed by atoms with Crippen LogP contribution in [0.25, 0.3) is 0 Å². The molecule has 28 heavy (non-hydrogen) atoms. The monoisotopic (exact) mass is 380 g/mol. The number of carbonyl (C=O) groups excluding carboxylic acids is 3. The van der Waals surface area contributed by atoms with E-state index < -0.39 is 18.0 Å². The Morgan fingerprint density at radius 3 is 2.39 bits per heavy atom. The topological polar surface area (TPSA) is 105 Å². The number of carbonyl (C=O) groups is 3. The van der Waals surface area contributed by atoms with Gasteiger partial charge in [0, 0.05) is 16.8 Å². The number of Topliss-reactive ketones (excluding diaryl/α,β-unsaturated/α-hetero) is 1. The number of benzene rings is 2. The molecule has 0 aliphatic rings. The maximum absolute atomic E-state index is 12.2. The molecule has 0 saturated heterocycles. The van der Waals surface area contributed by atoms with E-state index in [0.717, 1.165) is 0 Å². The third-order valence-corrected chi connectivity index (χ3v) is 3.98. The second kappa shape index (κ2) is 9.33. The Morgan fingerprint density at radius 1 is 1.14 bits per heavy atom. The van der Waals surface area contributed by atoms with Crippen LogP contribution in [0.1, 0.15) is 35.3 Å². The third kappa shape index (κ3) is 5.42. The summed E-state index contributed by atoms with van der Waals surface area (Å²) in [7, 11) is 1.46. The van der Waals surface area contributed by atoms with E-state index in [-0.39, 0.29) is 12.2 Å². The molecule has 0 saturated carbocycles. The maximum Gasteiger partial charge on any atom is 0.311 e. The molecule has 1 N–H and O–H groups in total. The summed E-state index contributed by atoms with van der Waals surface area (Å²) in [5.41, 5.74) is 1.91. The van der Waals surface area contributed by atoms with E-state index >= 15 is 0 Å². The Kier molecular flexibility index (Phi) is 6.88. The van der Waals surface area contributed by atoms with E-state index in [0.29, 0.717) is 28.1 Å². The number of nitriles is 1. The number of nitrogens with one attached hydrogen (secondary N) is 1. The van der Waals surface area contributed by atoms with Crippen LogP contribution in [0, 0.1) is 11.3 Å². The summed E-state index contributed by atoms with van der Waals surface area (Å²) in [4.78, 5) is 36.0. The van der Waals surface area contributed by atoms with Gasteiger partial charge in [-0.25, -0.2) is 0 Å². The first kappa shape index (κ1) is 20.6. The van der Waals surface area contributed by atoms with E-state index in [4.69, 9.17) is 14.7 Å². The molecule has 144 valence electrons. The van der Waals surface area contributed by atoms with Gasteiger partial charge in [-0.2, -0.15) is 5.26 Å². The minimum absolute atomic E-state index is 0.132. The van der Waals surface area contributed by atoms with Crippen molar-refractivity contribution in [1.82, 2.24) is 0 Å². The number of ketones is 1. The van der Waals surface area contributed by atoms with Crippen molar-refractivity contribution in [2.45, 2.75) is 26.4 Å². The number of anilines is 1. The van der Waals surface area contributed by atoms with Gasteiger partial charge in [0.15, 0.2) is 11.9 Å². The molecule has 7 nitrogen and oxygen atoms in total. The predicted molar refractivity (Wildman–Crippen MR) is 102 cm³/mol. The van der Waals surface area contributed by atoms with Gasteiger partial charge >= 0.3 is 5.97 Å². The van der Waals surface area contributed by atoms with Crippen molar-refractivity contribution in [3.63, 3.8) is 0 Å². The number of amides is 1. The minimum atomic E-state index is -1.02. The number of nitrogens with zero attached hydrogens (tertiary/aromatic N) is 1. The van der Waals surface area contributed by atoms with Crippen LogP contribution in [-0.2, 0) is 20.7 Å². The first-order chi connectivity index (χ1) is 13.3. The number of hydrogen-bond acceptors (Lipinski definition) is 6. The molecule has 0 aromatic heterocycles. The van der Waals surface area contributed by atoms with E-state index in [9.17, 15) is 14.4 Å². The number of ether oxygens (including phenoxy) is 2. The summed E-state index contributed by atoms with van der Waals surface area (Å²) in [6, 6.07) is 13.1. The lowest BCUT2D eigenvalue weighted by Gasteiger charge is -2.15. The number of esters is 1. The largest absolute Gasteiger partial charge is 0.496 e. The normalized spacial score (nSPS) is 11.1. The molecule has 2 rings (SSSR count). The van der Waals surface area contributed by atoms with Gasteiger partial charge in [0.05, 0.1) is 25.2 Å². The van der Waals surface area contributed by atoms with Crippen LogP contribution in [-0.4, -0.2) is 30.9 Å². The lowest BCUT2D eigenvalue weighted by molar-refractivity contribution is -0.152. The van der Waals surface area contributed by atoms with E-state index in [1.54, 1.807) is 42.5 Å². The second-order valence-electron chi connectivity index (χ2n) is 6.07. The highest BCUT2D eigenvalue weighted by atomic mass is 16.5. The van der Waals surface area contributed by atoms with Gasteiger partial charge in [-0.3, -0.25) is 14.4 Å². The van der Waals surface area contributed by atoms with Gasteiger partial charge in [-0.15, -0.1) is 0 Å². The average Bonchev–Trinajstić information content (AvgIpc) is 2.68. The van der Waals surface area contributed by atoms with Crippen LogP contribution in [0.15, 0.2) is 42.5 Å². The molecule has 0 spiro atoms. The summed E-state index contributed by atoms with van der Waals surface area (Å²) in [6.07, 6.45) is -1.16. The highest BCUT2D eigenvalue weighted by molar-refractivity contribution is 5.96. The van der Waals surface area contributed by atoms with Crippen molar-refractivity contribution >= 4 is 23.3 Å². The summed E-state index contributed by atoms with van der Waals surface area (Å²) in [6.45, 7) is 2.89. The molecule has 7 heteroatoms. The fourth-order valence-electron chi connectivity index (χ4n) is 2.46. The van der Waals surface area contributed by atoms with Crippen LogP contribution in [0.5, 0.6) is 5.75 Å². The highest BCUT2D eigenvalue weighted by Crippen LogP contribution is 2.21. The van der Waals surface area contributed by atoms with Crippen molar-refractivity contribution in [3.05, 3.63) is 59.2 Å². The van der Waals surface area contributed by atoms with Crippen molar-refractivity contribution in [3.8, 4) is 11.8 Å². The number of rotatable bonds is 7. The smallest absolute Gasteiger partial charge is 0.311 e. The maximum atomic E-state index is 12.2. The lowest BCUT2D eigenvalue weighted by Crippen LogP contribution is -2.30. The van der Waals surface area contributed by atoms with Crippen LogP contribution in [0.4, 0.5) is 5.69 Å². The van der Waals surface area contributed by atoms with Crippen LogP contribution in [0.3, 0.4) is 0 Å². The second-order valence-corrected chi connectivity index (χ2v) is 6.07. The Labute approximate surface area is 162 Å². The summed E-state index contributed by atoms with van der Waals surface area (Å²) in [5, 5.41) is 11.4. The molecule has 0 aliphatic heterocycles. The SMILES string of the molecule is COc1ccc(C(C)=O)cc1CC(=O)O[C@@H](C)C(=O)Nc1ccc(C#N)cc1. The van der Waals surface area contributed by atoms with Crippen LogP contribution in [0.2, 0.25) is 0 Å². The van der Waals surface area contributed by atoms with E-state index in [1.807, 2.05) is 6.07 Å². The third-order valence-electron chi connectivity index (χ3n) is 3.98. The molecule has 0 fully saturated rings. The highest BCUT2D eigenvalue weighted by Gasteiger charge is 2.20. The van der Waals surface area contributed by atoms with Crippen molar-refractivity contribution in [2.24, 2.45) is 0 Å². The zero-order valence-electron chi connectivity index (χ0n) is 15.8. The Morgan fingerprint density at radius 2 is 1.82 bits per heavy atom. The van der Waals surface area contributed by atoms with Gasteiger partial charge in [-0.1, -0.05) is 0 Å². The van der Waals surface area contributed by atoms with Crippen molar-refractivity contribution in [1.29, 1.82) is 5.26 Å². The lowest BCUT2D eigenvalue weighted by atomic mass is 10.0. The molecular formula is C21H20N2O5. The molecule has 0 aliphatic carbocycles. The molecular weight excluding hydrogens is 360 g/mol. The van der Waals surface area contributed by atoms with Gasteiger partial charge < -0.3 is 14.8 Å². The van der Waals surface area contributed by atoms with Crippen LogP contribution >= 0.6 is 0 Å². The molecule has 1 amide bonds. The van der Waals surface area contributed by atoms with Crippen molar-refractivity contribution < 1.29 is 23.9 Å². The van der Waals surface area contributed by atoms with Crippen LogP contribution < -0.4 is 10.1 Å². The molecule has 2 aromatic rings. The summed E-state index contributed by atoms with van der Waals surface area (Å²) in [5.74, 6) is -0.798. The minimum Gasteiger partial charge on any atom is -0.496 e. The quantitative estimate of drug-likeness (QED) is 0.585. The standard InChI is InChI=1S/C21H20N2O5/c1-13(24)16-6-9-19(27-3)17(10-16)11-20(25)28-14(2)21(26)23-18-7-4-15(12-22)5-8-18/h4-10,14H,11H2,1-3H3,(H,23,26)/t14-/m0/s1. The molecule has 0 unspecified atom stereocenters. The first-order valence-electron chi connectivity index (χ1n) is 8.52. The first-order valence-corrected chi connectivity index (χ1v) is 8.52. The Bertz CT molecular complexity index is 929. The predicted octanol–water partition coefficient (Wildman–Crippen LogP) is 2.88. The average molecular weight is 380 g/mol. The fraction of sp³-hybridized carbons (Fsp3) is 0.238. The van der Waals surface area contributed by atoms with Gasteiger partial charge in [0.2, 0.25) is 0 Å². The zero-order chi connectivity index (χ0) is 20.7. The number of hydrogen-bond donors (Lipinski definition) is 1. The van der Waals surface area contributed by atoms with E-state index in [1.165, 1.54) is 21.0 Å². The molecule has 0 bridgehead atoms. The molecule has 1 atom stereocenters.